The van der Waals surface area contributed by atoms with Crippen molar-refractivity contribution in [3.8, 4) is 11.4 Å². The molecule has 1 atom stereocenters. The van der Waals surface area contributed by atoms with E-state index in [1.807, 2.05) is 29.2 Å². The van der Waals surface area contributed by atoms with E-state index in [1.54, 1.807) is 48.7 Å². The van der Waals surface area contributed by atoms with Crippen LogP contribution in [-0.4, -0.2) is 101 Å². The van der Waals surface area contributed by atoms with E-state index in [1.165, 1.54) is 13.0 Å². The number of amidine groups is 1. The summed E-state index contributed by atoms with van der Waals surface area (Å²) in [7, 11) is 0. The van der Waals surface area contributed by atoms with Crippen LogP contribution in [-0.2, 0) is 9.59 Å². The van der Waals surface area contributed by atoms with Crippen molar-refractivity contribution in [2.75, 3.05) is 67.9 Å². The second kappa shape index (κ2) is 16.9. The zero-order valence-corrected chi connectivity index (χ0v) is 29.1. The van der Waals surface area contributed by atoms with Gasteiger partial charge in [0, 0.05) is 64.0 Å². The van der Waals surface area contributed by atoms with Gasteiger partial charge in [0.15, 0.2) is 6.29 Å². The number of anilines is 3. The molecule has 4 heterocycles. The van der Waals surface area contributed by atoms with E-state index in [-0.39, 0.29) is 23.7 Å². The van der Waals surface area contributed by atoms with Crippen LogP contribution in [0.5, 0.6) is 0 Å². The Hall–Kier alpha value is -5.89. The number of nitrogens with one attached hydrogen (secondary N) is 5. The normalized spacial score (nSPS) is 16.2. The lowest BCUT2D eigenvalue weighted by Gasteiger charge is -2.35. The molecule has 4 aromatic rings. The van der Waals surface area contributed by atoms with Crippen LogP contribution in [0.1, 0.15) is 47.6 Å². The first kappa shape index (κ1) is 35.9. The lowest BCUT2D eigenvalue weighted by atomic mass is 10.0. The first-order chi connectivity index (χ1) is 25.2. The van der Waals surface area contributed by atoms with E-state index in [0.29, 0.717) is 61.9 Å². The van der Waals surface area contributed by atoms with E-state index in [4.69, 9.17) is 10.4 Å². The highest BCUT2D eigenvalue weighted by Gasteiger charge is 2.27. The number of H-pyrrole nitrogens is 1. The first-order valence-electron chi connectivity index (χ1n) is 17.4. The van der Waals surface area contributed by atoms with Crippen LogP contribution >= 0.6 is 0 Å². The fourth-order valence-corrected chi connectivity index (χ4v) is 6.54. The van der Waals surface area contributed by atoms with E-state index in [2.05, 4.69) is 35.7 Å². The van der Waals surface area contributed by atoms with Gasteiger partial charge in [0.1, 0.15) is 23.3 Å². The number of hydrogen-bond acceptors (Lipinski definition) is 9. The molecule has 0 spiro atoms. The maximum absolute atomic E-state index is 13.8. The Morgan fingerprint density at radius 3 is 2.65 bits per heavy atom. The highest BCUT2D eigenvalue weighted by molar-refractivity contribution is 5.96. The molecule has 2 fully saturated rings. The number of carbonyl (C=O) groups is 3. The summed E-state index contributed by atoms with van der Waals surface area (Å²) < 4.78 is 13.8. The van der Waals surface area contributed by atoms with Crippen molar-refractivity contribution in [2.45, 2.75) is 25.8 Å². The second-order valence-electron chi connectivity index (χ2n) is 12.8. The number of nitrogens with zero attached hydrogens (tertiary/aromatic N) is 5. The fourth-order valence-electron chi connectivity index (χ4n) is 6.54. The number of hydrogen-bond donors (Lipinski definition) is 5. The van der Waals surface area contributed by atoms with Crippen LogP contribution in [0.4, 0.5) is 21.6 Å². The third-order valence-electron chi connectivity index (χ3n) is 9.13. The summed E-state index contributed by atoms with van der Waals surface area (Å²) >= 11 is 0. The van der Waals surface area contributed by atoms with Crippen LogP contribution < -0.4 is 20.9 Å². The van der Waals surface area contributed by atoms with Gasteiger partial charge < -0.3 is 30.7 Å². The number of aromatic amines is 1. The zero-order valence-electron chi connectivity index (χ0n) is 29.1. The molecule has 2 amide bonds. The number of rotatable bonds is 13. The van der Waals surface area contributed by atoms with Gasteiger partial charge in [0.25, 0.3) is 0 Å². The fraction of sp³-hybridized carbons (Fsp3) is 0.316. The van der Waals surface area contributed by atoms with Crippen molar-refractivity contribution in [1.29, 1.82) is 5.41 Å². The van der Waals surface area contributed by atoms with E-state index < -0.39 is 0 Å². The van der Waals surface area contributed by atoms with Crippen molar-refractivity contribution in [1.82, 2.24) is 30.1 Å². The standard InChI is InChI=1S/C38H43FN10O3/c1-26(51)44-32-22-30(11-10-28(32)25-50)41-14-15-42-38(52)24-47-17-19-48(20-18-47)37-9-3-7-31(46-37)33-23-43-36(45-33)13-12-35(40)49-16-4-8-34(49)27-5-2-6-29(39)21-27/h2-3,5-7,9-13,21-23,25,34,40-41H,4,8,14-20,24H2,1H3,(H,42,52)(H,43,45)(H,44,51)/b13-12-,40-35?. The summed E-state index contributed by atoms with van der Waals surface area (Å²) in [4.78, 5) is 54.3. The molecule has 0 saturated carbocycles. The average Bonchev–Trinajstić information content (AvgIpc) is 3.84. The van der Waals surface area contributed by atoms with Gasteiger partial charge in [-0.3, -0.25) is 24.7 Å². The number of amides is 2. The summed E-state index contributed by atoms with van der Waals surface area (Å²) in [6.07, 6.45) is 7.75. The van der Waals surface area contributed by atoms with Gasteiger partial charge in [-0.2, -0.15) is 0 Å². The SMILES string of the molecule is CC(=O)Nc1cc(NCCNC(=O)CN2CCN(c3cccc(-c4cnc(/C=C\C(=N)N5CCCC5c5cccc(F)c5)[nH]4)n3)CC2)ccc1C=O. The number of likely N-dealkylation sites (tertiary alicyclic amines) is 1. The van der Waals surface area contributed by atoms with Crippen molar-refractivity contribution >= 4 is 47.2 Å². The molecule has 2 saturated heterocycles. The van der Waals surface area contributed by atoms with Crippen molar-refractivity contribution in [3.63, 3.8) is 0 Å². The third kappa shape index (κ3) is 9.26. The number of halogens is 1. The lowest BCUT2D eigenvalue weighted by molar-refractivity contribution is -0.122. The molecule has 2 aromatic carbocycles. The molecule has 0 aliphatic carbocycles. The molecule has 0 bridgehead atoms. The van der Waals surface area contributed by atoms with Gasteiger partial charge in [-0.05, 0) is 73.0 Å². The van der Waals surface area contributed by atoms with Gasteiger partial charge in [-0.15, -0.1) is 0 Å². The van der Waals surface area contributed by atoms with Gasteiger partial charge in [0.2, 0.25) is 11.8 Å². The van der Waals surface area contributed by atoms with Crippen molar-refractivity contribution in [2.24, 2.45) is 0 Å². The largest absolute Gasteiger partial charge is 0.383 e. The monoisotopic (exact) mass is 706 g/mol. The number of carbonyl (C=O) groups excluding carboxylic acids is 3. The second-order valence-corrected chi connectivity index (χ2v) is 12.8. The summed E-state index contributed by atoms with van der Waals surface area (Å²) in [5.74, 6) is 1.23. The van der Waals surface area contributed by atoms with Crippen LogP contribution in [0.3, 0.4) is 0 Å². The minimum absolute atomic E-state index is 0.0199. The molecule has 13 nitrogen and oxygen atoms in total. The van der Waals surface area contributed by atoms with Gasteiger partial charge in [-0.1, -0.05) is 18.2 Å². The highest BCUT2D eigenvalue weighted by Crippen LogP contribution is 2.32. The Labute approximate surface area is 301 Å². The number of pyridine rings is 1. The van der Waals surface area contributed by atoms with E-state index in [9.17, 15) is 18.8 Å². The Morgan fingerprint density at radius 2 is 1.87 bits per heavy atom. The van der Waals surface area contributed by atoms with Crippen molar-refractivity contribution < 1.29 is 18.8 Å². The van der Waals surface area contributed by atoms with Gasteiger partial charge in [-0.25, -0.2) is 14.4 Å². The van der Waals surface area contributed by atoms with Crippen LogP contribution in [0.25, 0.3) is 17.5 Å². The first-order valence-corrected chi connectivity index (χ1v) is 17.4. The molecular formula is C38H43FN10O3. The van der Waals surface area contributed by atoms with Gasteiger partial charge in [0.05, 0.1) is 35.9 Å². The molecule has 52 heavy (non-hydrogen) atoms. The number of piperazine rings is 1. The number of aromatic nitrogens is 3. The summed E-state index contributed by atoms with van der Waals surface area (Å²) in [6, 6.07) is 17.6. The number of benzene rings is 2. The predicted octanol–water partition coefficient (Wildman–Crippen LogP) is 4.56. The Kier molecular flexibility index (Phi) is 11.7. The summed E-state index contributed by atoms with van der Waals surface area (Å²) in [5.41, 5.74) is 3.97. The van der Waals surface area contributed by atoms with E-state index in [0.717, 1.165) is 60.9 Å². The highest BCUT2D eigenvalue weighted by atomic mass is 19.1. The molecule has 2 aliphatic heterocycles. The average molecular weight is 707 g/mol. The molecule has 0 radical (unpaired) electrons. The van der Waals surface area contributed by atoms with Crippen LogP contribution in [0, 0.1) is 11.2 Å². The Bertz CT molecular complexity index is 1940. The quantitative estimate of drug-likeness (QED) is 0.0581. The van der Waals surface area contributed by atoms with E-state index >= 15 is 0 Å². The third-order valence-corrected chi connectivity index (χ3v) is 9.13. The molecule has 5 N–H and O–H groups in total. The molecule has 1 unspecified atom stereocenters. The maximum atomic E-state index is 13.8. The molecule has 2 aliphatic rings. The topological polar surface area (TPSA) is 162 Å². The van der Waals surface area contributed by atoms with Gasteiger partial charge >= 0.3 is 0 Å². The molecule has 6 rings (SSSR count). The van der Waals surface area contributed by atoms with Crippen LogP contribution in [0.2, 0.25) is 0 Å². The smallest absolute Gasteiger partial charge is 0.234 e. The number of imidazole rings is 1. The molecule has 14 heteroatoms. The lowest BCUT2D eigenvalue weighted by Crippen LogP contribution is -2.50. The minimum atomic E-state index is -0.265. The summed E-state index contributed by atoms with van der Waals surface area (Å²) in [6.45, 7) is 6.22. The molecular weight excluding hydrogens is 663 g/mol. The minimum Gasteiger partial charge on any atom is -0.383 e. The Balaban J connectivity index is 0.947. The predicted molar refractivity (Wildman–Crippen MR) is 200 cm³/mol. The number of aldehydes is 1. The molecule has 2 aromatic heterocycles. The van der Waals surface area contributed by atoms with Crippen LogP contribution in [0.15, 0.2) is 72.9 Å². The maximum Gasteiger partial charge on any atom is 0.234 e. The Morgan fingerprint density at radius 1 is 1.04 bits per heavy atom. The summed E-state index contributed by atoms with van der Waals surface area (Å²) in [5, 5.41) is 17.5. The molecule has 270 valence electrons. The zero-order chi connectivity index (χ0) is 36.5. The van der Waals surface area contributed by atoms with Crippen molar-refractivity contribution in [3.05, 3.63) is 95.7 Å².